The Labute approximate surface area is 93.0 Å². The van der Waals surface area contributed by atoms with Crippen LogP contribution in [0, 0.1) is 5.92 Å². The van der Waals surface area contributed by atoms with E-state index < -0.39 is 0 Å². The molecule has 2 rings (SSSR count). The highest BCUT2D eigenvalue weighted by molar-refractivity contribution is 5.76. The number of nitrogens with zero attached hydrogens (tertiary/aromatic N) is 1. The number of amides is 1. The van der Waals surface area contributed by atoms with Gasteiger partial charge < -0.3 is 4.90 Å². The molecule has 0 bridgehead atoms. The predicted octanol–water partition coefficient (Wildman–Crippen LogP) is 2.97. The average molecular weight is 209 g/mol. The molecule has 1 amide bonds. The minimum absolute atomic E-state index is 0.411. The Morgan fingerprint density at radius 2 is 1.93 bits per heavy atom. The van der Waals surface area contributed by atoms with Crippen LogP contribution in [0.3, 0.4) is 0 Å². The van der Waals surface area contributed by atoms with Crippen LogP contribution in [0.2, 0.25) is 0 Å². The van der Waals surface area contributed by atoms with E-state index >= 15 is 0 Å². The van der Waals surface area contributed by atoms with E-state index in [2.05, 4.69) is 11.8 Å². The largest absolute Gasteiger partial charge is 0.339 e. The molecular formula is C13H23NO. The van der Waals surface area contributed by atoms with E-state index in [-0.39, 0.29) is 0 Å². The number of likely N-dealkylation sites (tertiary alicyclic amines) is 1. The molecule has 2 atom stereocenters. The molecule has 15 heavy (non-hydrogen) atoms. The molecule has 2 aliphatic rings. The van der Waals surface area contributed by atoms with Gasteiger partial charge in [0.05, 0.1) is 0 Å². The topological polar surface area (TPSA) is 20.3 Å². The van der Waals surface area contributed by atoms with Crippen molar-refractivity contribution in [2.24, 2.45) is 5.92 Å². The Morgan fingerprint density at radius 3 is 2.73 bits per heavy atom. The fraction of sp³-hybridized carbons (Fsp3) is 0.923. The van der Waals surface area contributed by atoms with Gasteiger partial charge in [-0.1, -0.05) is 19.8 Å². The molecule has 1 aliphatic carbocycles. The lowest BCUT2D eigenvalue weighted by Crippen LogP contribution is -2.49. The van der Waals surface area contributed by atoms with Crippen molar-refractivity contribution in [3.8, 4) is 0 Å². The molecule has 0 aromatic rings. The van der Waals surface area contributed by atoms with Gasteiger partial charge in [0, 0.05) is 19.0 Å². The molecule has 2 nitrogen and oxygen atoms in total. The van der Waals surface area contributed by atoms with Crippen molar-refractivity contribution in [1.82, 2.24) is 4.90 Å². The highest BCUT2D eigenvalue weighted by Gasteiger charge is 2.34. The maximum atomic E-state index is 12.0. The van der Waals surface area contributed by atoms with Crippen LogP contribution in [-0.4, -0.2) is 23.4 Å². The highest BCUT2D eigenvalue weighted by atomic mass is 16.2. The Balaban J connectivity index is 2.00. The second-order valence-corrected chi connectivity index (χ2v) is 5.09. The number of carbonyl (C=O) groups excluding carboxylic acids is 1. The Bertz CT molecular complexity index is 225. The Hall–Kier alpha value is -0.530. The van der Waals surface area contributed by atoms with Crippen molar-refractivity contribution in [2.45, 2.75) is 64.3 Å². The third-order valence-corrected chi connectivity index (χ3v) is 4.03. The second-order valence-electron chi connectivity index (χ2n) is 5.09. The van der Waals surface area contributed by atoms with Crippen LogP contribution in [0.1, 0.15) is 58.3 Å². The van der Waals surface area contributed by atoms with Crippen molar-refractivity contribution in [1.29, 1.82) is 0 Å². The van der Waals surface area contributed by atoms with Crippen molar-refractivity contribution < 1.29 is 4.79 Å². The van der Waals surface area contributed by atoms with E-state index in [0.29, 0.717) is 11.9 Å². The molecule has 0 aromatic heterocycles. The van der Waals surface area contributed by atoms with Gasteiger partial charge in [0.25, 0.3) is 0 Å². The molecule has 1 heterocycles. The van der Waals surface area contributed by atoms with Gasteiger partial charge in [-0.25, -0.2) is 0 Å². The summed E-state index contributed by atoms with van der Waals surface area (Å²) in [7, 11) is 0. The average Bonchev–Trinajstić information content (AvgIpc) is 2.28. The quantitative estimate of drug-likeness (QED) is 0.684. The summed E-state index contributed by atoms with van der Waals surface area (Å²) in [5.74, 6) is 1.24. The monoisotopic (exact) mass is 209 g/mol. The van der Waals surface area contributed by atoms with Crippen LogP contribution in [0.15, 0.2) is 0 Å². The second kappa shape index (κ2) is 5.00. The standard InChI is InChI=1S/C13H23NO/c1-2-6-13(15)14-10-5-8-11-7-3-4-9-12(11)14/h11-12H,2-10H2,1H3. The lowest BCUT2D eigenvalue weighted by atomic mass is 9.78. The van der Waals surface area contributed by atoms with E-state index in [0.717, 1.165) is 25.3 Å². The first-order chi connectivity index (χ1) is 7.33. The van der Waals surface area contributed by atoms with Gasteiger partial charge in [-0.05, 0) is 38.0 Å². The number of piperidine rings is 1. The van der Waals surface area contributed by atoms with E-state index in [4.69, 9.17) is 0 Å². The third-order valence-electron chi connectivity index (χ3n) is 4.03. The minimum atomic E-state index is 0.411. The zero-order valence-electron chi connectivity index (χ0n) is 9.87. The summed E-state index contributed by atoms with van der Waals surface area (Å²) in [6.07, 6.45) is 9.68. The molecule has 2 unspecified atom stereocenters. The molecule has 1 saturated heterocycles. The summed E-state index contributed by atoms with van der Waals surface area (Å²) in [6, 6.07) is 0.603. The molecule has 2 heteroatoms. The first-order valence-corrected chi connectivity index (χ1v) is 6.62. The van der Waals surface area contributed by atoms with Crippen molar-refractivity contribution in [2.75, 3.05) is 6.54 Å². The summed E-state index contributed by atoms with van der Waals surface area (Å²) >= 11 is 0. The van der Waals surface area contributed by atoms with E-state index in [1.54, 1.807) is 0 Å². The number of hydrogen-bond donors (Lipinski definition) is 0. The summed E-state index contributed by atoms with van der Waals surface area (Å²) in [4.78, 5) is 14.2. The smallest absolute Gasteiger partial charge is 0.222 e. The van der Waals surface area contributed by atoms with Gasteiger partial charge in [-0.3, -0.25) is 4.79 Å². The lowest BCUT2D eigenvalue weighted by Gasteiger charge is -2.44. The van der Waals surface area contributed by atoms with E-state index in [1.165, 1.54) is 38.5 Å². The molecule has 2 fully saturated rings. The van der Waals surface area contributed by atoms with E-state index in [9.17, 15) is 4.79 Å². The van der Waals surface area contributed by atoms with E-state index in [1.807, 2.05) is 0 Å². The molecule has 0 radical (unpaired) electrons. The molecule has 1 aliphatic heterocycles. The van der Waals surface area contributed by atoms with Gasteiger partial charge in [0.1, 0.15) is 0 Å². The van der Waals surface area contributed by atoms with Gasteiger partial charge in [-0.2, -0.15) is 0 Å². The number of hydrogen-bond acceptors (Lipinski definition) is 1. The van der Waals surface area contributed by atoms with Crippen LogP contribution in [0.5, 0.6) is 0 Å². The van der Waals surface area contributed by atoms with Crippen molar-refractivity contribution >= 4 is 5.91 Å². The summed E-state index contributed by atoms with van der Waals surface area (Å²) in [6.45, 7) is 3.13. The maximum absolute atomic E-state index is 12.0. The van der Waals surface area contributed by atoms with Gasteiger partial charge >= 0.3 is 0 Å². The Kier molecular flexibility index (Phi) is 3.66. The van der Waals surface area contributed by atoms with Crippen LogP contribution in [0.25, 0.3) is 0 Å². The molecular weight excluding hydrogens is 186 g/mol. The summed E-state index contributed by atoms with van der Waals surface area (Å²) < 4.78 is 0. The van der Waals surface area contributed by atoms with Gasteiger partial charge in [0.2, 0.25) is 5.91 Å². The van der Waals surface area contributed by atoms with Crippen LogP contribution >= 0.6 is 0 Å². The number of fused-ring (bicyclic) bond motifs is 1. The number of rotatable bonds is 2. The predicted molar refractivity (Wildman–Crippen MR) is 61.6 cm³/mol. The van der Waals surface area contributed by atoms with Gasteiger partial charge in [-0.15, -0.1) is 0 Å². The first-order valence-electron chi connectivity index (χ1n) is 6.62. The minimum Gasteiger partial charge on any atom is -0.339 e. The fourth-order valence-electron chi connectivity index (χ4n) is 3.29. The zero-order valence-corrected chi connectivity index (χ0v) is 9.87. The molecule has 0 spiro atoms. The summed E-state index contributed by atoms with van der Waals surface area (Å²) in [5, 5.41) is 0. The molecule has 1 saturated carbocycles. The molecule has 86 valence electrons. The zero-order chi connectivity index (χ0) is 10.7. The number of carbonyl (C=O) groups is 1. The SMILES string of the molecule is CCCC(=O)N1CCCC2CCCCC21. The van der Waals surface area contributed by atoms with Gasteiger partial charge in [0.15, 0.2) is 0 Å². The van der Waals surface area contributed by atoms with Crippen molar-refractivity contribution in [3.63, 3.8) is 0 Å². The van der Waals surface area contributed by atoms with Crippen LogP contribution in [0.4, 0.5) is 0 Å². The molecule has 0 N–H and O–H groups in total. The first kappa shape index (κ1) is 11.0. The third kappa shape index (κ3) is 2.35. The Morgan fingerprint density at radius 1 is 1.20 bits per heavy atom. The van der Waals surface area contributed by atoms with Crippen LogP contribution in [-0.2, 0) is 4.79 Å². The highest BCUT2D eigenvalue weighted by Crippen LogP contribution is 2.35. The fourth-order valence-corrected chi connectivity index (χ4v) is 3.29. The molecule has 0 aromatic carbocycles. The normalized spacial score (nSPS) is 31.1. The maximum Gasteiger partial charge on any atom is 0.222 e. The van der Waals surface area contributed by atoms with Crippen molar-refractivity contribution in [3.05, 3.63) is 0 Å². The lowest BCUT2D eigenvalue weighted by molar-refractivity contribution is -0.137. The van der Waals surface area contributed by atoms with Crippen LogP contribution < -0.4 is 0 Å². The summed E-state index contributed by atoms with van der Waals surface area (Å²) in [5.41, 5.74) is 0.